The highest BCUT2D eigenvalue weighted by molar-refractivity contribution is 5.40. The molecule has 2 aliphatic carbocycles. The summed E-state index contributed by atoms with van der Waals surface area (Å²) >= 11 is 0. The van der Waals surface area contributed by atoms with E-state index in [9.17, 15) is 4.79 Å². The summed E-state index contributed by atoms with van der Waals surface area (Å²) in [5, 5.41) is 0. The van der Waals surface area contributed by atoms with Gasteiger partial charge >= 0.3 is 0 Å². The molecule has 0 heterocycles. The number of carbonyl (C=O) groups excluding carboxylic acids is 1. The molecule has 0 radical (unpaired) electrons. The van der Waals surface area contributed by atoms with Gasteiger partial charge in [0, 0.05) is 0 Å². The van der Waals surface area contributed by atoms with Crippen LogP contribution in [-0.2, 0) is 10.3 Å². The summed E-state index contributed by atoms with van der Waals surface area (Å²) in [6, 6.07) is 8.91. The summed E-state index contributed by atoms with van der Waals surface area (Å²) in [5.41, 5.74) is 2.86. The van der Waals surface area contributed by atoms with Gasteiger partial charge in [-0.2, -0.15) is 4.99 Å². The fourth-order valence-corrected chi connectivity index (χ4v) is 4.11. The van der Waals surface area contributed by atoms with Crippen molar-refractivity contribution in [1.29, 1.82) is 0 Å². The summed E-state index contributed by atoms with van der Waals surface area (Å²) in [5.74, 6) is 0.690. The molecule has 0 amide bonds. The van der Waals surface area contributed by atoms with Crippen molar-refractivity contribution in [3.8, 4) is 0 Å². The number of benzene rings is 1. The summed E-state index contributed by atoms with van der Waals surface area (Å²) in [7, 11) is 0. The van der Waals surface area contributed by atoms with Crippen LogP contribution in [0.15, 0.2) is 29.3 Å². The van der Waals surface area contributed by atoms with Crippen molar-refractivity contribution in [3.63, 3.8) is 0 Å². The molecule has 2 nitrogen and oxygen atoms in total. The van der Waals surface area contributed by atoms with Gasteiger partial charge in [0.1, 0.15) is 0 Å². The number of rotatable bonds is 3. The van der Waals surface area contributed by atoms with Crippen molar-refractivity contribution in [3.05, 3.63) is 35.4 Å². The van der Waals surface area contributed by atoms with Crippen LogP contribution in [0.5, 0.6) is 0 Å². The maximum absolute atomic E-state index is 10.7. The van der Waals surface area contributed by atoms with Gasteiger partial charge in [-0.3, -0.25) is 0 Å². The zero-order valence-corrected chi connectivity index (χ0v) is 13.2. The summed E-state index contributed by atoms with van der Waals surface area (Å²) in [6.07, 6.45) is 10.2. The predicted molar refractivity (Wildman–Crippen MR) is 85.1 cm³/mol. The number of hydrogen-bond donors (Lipinski definition) is 0. The molecular formula is C19H25NO. The normalized spacial score (nSPS) is 26.5. The molecular weight excluding hydrogens is 258 g/mol. The van der Waals surface area contributed by atoms with Crippen LogP contribution in [0, 0.1) is 5.41 Å². The highest BCUT2D eigenvalue weighted by Gasteiger charge is 2.39. The smallest absolute Gasteiger partial charge is 0.211 e. The van der Waals surface area contributed by atoms with E-state index >= 15 is 0 Å². The van der Waals surface area contributed by atoms with Crippen LogP contribution < -0.4 is 0 Å². The average Bonchev–Trinajstić information content (AvgIpc) is 2.42. The van der Waals surface area contributed by atoms with Gasteiger partial charge in [0.15, 0.2) is 0 Å². The standard InChI is InChI=1S/C19H25NO/c1-18(2)10-3-5-16(13-18)15-6-8-17(9-7-15)19(20-14-21)11-4-12-19/h6-9,16H,3-5,10-13H2,1-2H3. The number of hydrogen-bond acceptors (Lipinski definition) is 2. The molecule has 1 atom stereocenters. The van der Waals surface area contributed by atoms with Gasteiger partial charge < -0.3 is 0 Å². The van der Waals surface area contributed by atoms with Crippen molar-refractivity contribution in [2.45, 2.75) is 70.3 Å². The van der Waals surface area contributed by atoms with Gasteiger partial charge in [-0.1, -0.05) is 44.5 Å². The van der Waals surface area contributed by atoms with Crippen molar-refractivity contribution in [2.75, 3.05) is 0 Å². The zero-order valence-electron chi connectivity index (χ0n) is 13.2. The van der Waals surface area contributed by atoms with Crippen LogP contribution in [0.2, 0.25) is 0 Å². The van der Waals surface area contributed by atoms with Crippen molar-refractivity contribution in [1.82, 2.24) is 0 Å². The Morgan fingerprint density at radius 3 is 2.33 bits per heavy atom. The summed E-state index contributed by atoms with van der Waals surface area (Å²) in [6.45, 7) is 4.77. The Kier molecular flexibility index (Phi) is 3.75. The fraction of sp³-hybridized carbons (Fsp3) is 0.632. The Morgan fingerprint density at radius 2 is 1.81 bits per heavy atom. The molecule has 0 spiro atoms. The molecule has 0 bridgehead atoms. The monoisotopic (exact) mass is 283 g/mol. The third-order valence-corrected chi connectivity index (χ3v) is 5.56. The Morgan fingerprint density at radius 1 is 1.10 bits per heavy atom. The van der Waals surface area contributed by atoms with Crippen molar-refractivity contribution in [2.24, 2.45) is 10.4 Å². The lowest BCUT2D eigenvalue weighted by Gasteiger charge is -2.38. The molecule has 21 heavy (non-hydrogen) atoms. The van der Waals surface area contributed by atoms with E-state index in [2.05, 4.69) is 43.1 Å². The lowest BCUT2D eigenvalue weighted by Crippen LogP contribution is -2.31. The van der Waals surface area contributed by atoms with Crippen LogP contribution in [0.25, 0.3) is 0 Å². The molecule has 3 rings (SSSR count). The van der Waals surface area contributed by atoms with Gasteiger partial charge in [0.2, 0.25) is 6.08 Å². The molecule has 2 aliphatic rings. The van der Waals surface area contributed by atoms with Gasteiger partial charge in [0.05, 0.1) is 5.54 Å². The third-order valence-electron chi connectivity index (χ3n) is 5.56. The molecule has 2 saturated carbocycles. The van der Waals surface area contributed by atoms with Crippen LogP contribution in [0.3, 0.4) is 0 Å². The Bertz CT molecular complexity index is 547. The average molecular weight is 283 g/mol. The molecule has 0 aromatic heterocycles. The second-order valence-electron chi connectivity index (χ2n) is 7.67. The van der Waals surface area contributed by atoms with Crippen LogP contribution in [0.4, 0.5) is 0 Å². The Hall–Kier alpha value is -1.40. The van der Waals surface area contributed by atoms with Crippen molar-refractivity contribution < 1.29 is 4.79 Å². The van der Waals surface area contributed by atoms with Gasteiger partial charge in [-0.25, -0.2) is 4.79 Å². The lowest BCUT2D eigenvalue weighted by atomic mass is 9.69. The number of isocyanates is 1. The molecule has 112 valence electrons. The molecule has 0 aliphatic heterocycles. The lowest BCUT2D eigenvalue weighted by molar-refractivity contribution is 0.219. The number of nitrogens with zero attached hydrogens (tertiary/aromatic N) is 1. The maximum atomic E-state index is 10.7. The second-order valence-corrected chi connectivity index (χ2v) is 7.67. The van der Waals surface area contributed by atoms with Crippen LogP contribution >= 0.6 is 0 Å². The predicted octanol–water partition coefficient (Wildman–Crippen LogP) is 5.09. The largest absolute Gasteiger partial charge is 0.235 e. The third kappa shape index (κ3) is 2.82. The SMILES string of the molecule is CC1(C)CCCC(c2ccc(C3(N=C=O)CCC3)cc2)C1. The quantitative estimate of drug-likeness (QED) is 0.561. The van der Waals surface area contributed by atoms with E-state index in [1.165, 1.54) is 36.8 Å². The molecule has 1 unspecified atom stereocenters. The first-order valence-corrected chi connectivity index (χ1v) is 8.24. The van der Waals surface area contributed by atoms with E-state index in [4.69, 9.17) is 0 Å². The molecule has 1 aromatic carbocycles. The summed E-state index contributed by atoms with van der Waals surface area (Å²) in [4.78, 5) is 14.8. The minimum Gasteiger partial charge on any atom is -0.211 e. The van der Waals surface area contributed by atoms with Crippen LogP contribution in [-0.4, -0.2) is 6.08 Å². The molecule has 2 heteroatoms. The minimum atomic E-state index is -0.258. The maximum Gasteiger partial charge on any atom is 0.235 e. The molecule has 2 fully saturated rings. The molecule has 0 saturated heterocycles. The first-order valence-electron chi connectivity index (χ1n) is 8.24. The van der Waals surface area contributed by atoms with Crippen LogP contribution in [0.1, 0.15) is 75.8 Å². The highest BCUT2D eigenvalue weighted by Crippen LogP contribution is 2.46. The first kappa shape index (κ1) is 14.5. The molecule has 1 aromatic rings. The minimum absolute atomic E-state index is 0.258. The highest BCUT2D eigenvalue weighted by atomic mass is 16.1. The topological polar surface area (TPSA) is 29.4 Å². The van der Waals surface area contributed by atoms with E-state index < -0.39 is 0 Å². The van der Waals surface area contributed by atoms with E-state index in [0.29, 0.717) is 11.3 Å². The van der Waals surface area contributed by atoms with Crippen molar-refractivity contribution >= 4 is 6.08 Å². The van der Waals surface area contributed by atoms with E-state index in [1.54, 1.807) is 6.08 Å². The zero-order chi connectivity index (χ0) is 14.9. The summed E-state index contributed by atoms with van der Waals surface area (Å²) < 4.78 is 0. The molecule has 0 N–H and O–H groups in total. The van der Waals surface area contributed by atoms with Gasteiger partial charge in [-0.05, 0) is 61.0 Å². The Balaban J connectivity index is 1.79. The fourth-order valence-electron chi connectivity index (χ4n) is 4.11. The second kappa shape index (κ2) is 5.42. The van der Waals surface area contributed by atoms with Gasteiger partial charge in [-0.15, -0.1) is 0 Å². The Labute approximate surface area is 127 Å². The first-order chi connectivity index (χ1) is 10.0. The van der Waals surface area contributed by atoms with E-state index in [-0.39, 0.29) is 5.54 Å². The van der Waals surface area contributed by atoms with Gasteiger partial charge in [0.25, 0.3) is 0 Å². The van der Waals surface area contributed by atoms with E-state index in [0.717, 1.165) is 19.3 Å². The van der Waals surface area contributed by atoms with E-state index in [1.807, 2.05) is 0 Å². The number of aliphatic imine (C=N–C) groups is 1.